The van der Waals surface area contributed by atoms with Gasteiger partial charge in [-0.05, 0) is 50.6 Å². The molecule has 2 aromatic carbocycles. The normalized spacial score (nSPS) is 11.9. The molecule has 4 heteroatoms. The molecule has 0 N–H and O–H groups in total. The van der Waals surface area contributed by atoms with Crippen LogP contribution in [0.25, 0.3) is 0 Å². The van der Waals surface area contributed by atoms with Crippen molar-refractivity contribution in [3.8, 4) is 11.5 Å². The molecule has 0 aliphatic carbocycles. The van der Waals surface area contributed by atoms with E-state index < -0.39 is 6.10 Å². The van der Waals surface area contributed by atoms with E-state index in [0.29, 0.717) is 12.3 Å². The molecule has 0 fully saturated rings. The number of rotatable bonds is 7. The van der Waals surface area contributed by atoms with E-state index in [1.54, 1.807) is 26.2 Å². The van der Waals surface area contributed by atoms with Gasteiger partial charge < -0.3 is 14.4 Å². The zero-order valence-corrected chi connectivity index (χ0v) is 14.7. The van der Waals surface area contributed by atoms with Gasteiger partial charge in [0, 0.05) is 12.6 Å². The van der Waals surface area contributed by atoms with Crippen LogP contribution in [0.1, 0.15) is 26.3 Å². The van der Waals surface area contributed by atoms with Crippen LogP contribution >= 0.6 is 0 Å². The van der Waals surface area contributed by atoms with Crippen molar-refractivity contribution in [1.29, 1.82) is 0 Å². The third-order valence-electron chi connectivity index (χ3n) is 3.82. The summed E-state index contributed by atoms with van der Waals surface area (Å²) in [5, 5.41) is 0. The summed E-state index contributed by atoms with van der Waals surface area (Å²) >= 11 is 0. The molecule has 1 unspecified atom stereocenters. The van der Waals surface area contributed by atoms with Gasteiger partial charge in [0.15, 0.2) is 6.10 Å². The minimum absolute atomic E-state index is 0.0235. The molecule has 24 heavy (non-hydrogen) atoms. The number of hydrogen-bond donors (Lipinski definition) is 0. The van der Waals surface area contributed by atoms with Crippen molar-refractivity contribution in [2.24, 2.45) is 0 Å². The molecule has 1 amide bonds. The van der Waals surface area contributed by atoms with Gasteiger partial charge in [0.2, 0.25) is 0 Å². The maximum atomic E-state index is 12.8. The van der Waals surface area contributed by atoms with Crippen molar-refractivity contribution in [2.45, 2.75) is 39.5 Å². The first-order valence-electron chi connectivity index (χ1n) is 8.16. The Morgan fingerprint density at radius 2 is 1.54 bits per heavy atom. The predicted octanol–water partition coefficient (Wildman–Crippen LogP) is 3.90. The Morgan fingerprint density at radius 1 is 0.958 bits per heavy atom. The monoisotopic (exact) mass is 327 g/mol. The third kappa shape index (κ3) is 4.75. The van der Waals surface area contributed by atoms with Crippen molar-refractivity contribution in [2.75, 3.05) is 7.11 Å². The van der Waals surface area contributed by atoms with Crippen LogP contribution in [-0.2, 0) is 11.3 Å². The largest absolute Gasteiger partial charge is 0.497 e. The number of methoxy groups -OCH3 is 1. The van der Waals surface area contributed by atoms with E-state index >= 15 is 0 Å². The summed E-state index contributed by atoms with van der Waals surface area (Å²) in [6.45, 7) is 6.39. The Hall–Kier alpha value is -2.49. The Morgan fingerprint density at radius 3 is 2.08 bits per heavy atom. The van der Waals surface area contributed by atoms with Gasteiger partial charge in [-0.1, -0.05) is 30.3 Å². The van der Waals surface area contributed by atoms with Crippen molar-refractivity contribution in [3.05, 3.63) is 60.2 Å². The second-order valence-electron chi connectivity index (χ2n) is 5.98. The highest BCUT2D eigenvalue weighted by Gasteiger charge is 2.24. The van der Waals surface area contributed by atoms with Crippen LogP contribution in [0, 0.1) is 0 Å². The van der Waals surface area contributed by atoms with Gasteiger partial charge in [-0.25, -0.2) is 0 Å². The predicted molar refractivity (Wildman–Crippen MR) is 95.2 cm³/mol. The van der Waals surface area contributed by atoms with E-state index in [1.807, 2.05) is 61.2 Å². The highest BCUT2D eigenvalue weighted by molar-refractivity contribution is 5.81. The smallest absolute Gasteiger partial charge is 0.263 e. The standard InChI is InChI=1S/C20H25NO3/c1-15(2)21(14-17-8-6-5-7-9-17)20(22)16(3)24-19-12-10-18(23-4)11-13-19/h5-13,15-16H,14H2,1-4H3. The number of hydrogen-bond acceptors (Lipinski definition) is 3. The van der Waals surface area contributed by atoms with Gasteiger partial charge in [-0.2, -0.15) is 0 Å². The van der Waals surface area contributed by atoms with Crippen molar-refractivity contribution >= 4 is 5.91 Å². The average molecular weight is 327 g/mol. The number of carbonyl (C=O) groups excluding carboxylic acids is 1. The second-order valence-corrected chi connectivity index (χ2v) is 5.98. The minimum atomic E-state index is -0.551. The quantitative estimate of drug-likeness (QED) is 0.774. The second kappa shape index (κ2) is 8.39. The van der Waals surface area contributed by atoms with Crippen LogP contribution in [0.5, 0.6) is 11.5 Å². The molecule has 0 saturated heterocycles. The van der Waals surface area contributed by atoms with Crippen LogP contribution < -0.4 is 9.47 Å². The van der Waals surface area contributed by atoms with Crippen molar-refractivity contribution < 1.29 is 14.3 Å². The fraction of sp³-hybridized carbons (Fsp3) is 0.350. The topological polar surface area (TPSA) is 38.8 Å². The van der Waals surface area contributed by atoms with Gasteiger partial charge in [0.1, 0.15) is 11.5 Å². The number of ether oxygens (including phenoxy) is 2. The Kier molecular flexibility index (Phi) is 6.24. The van der Waals surface area contributed by atoms with E-state index in [2.05, 4.69) is 0 Å². The summed E-state index contributed by atoms with van der Waals surface area (Å²) in [5.74, 6) is 1.39. The van der Waals surface area contributed by atoms with E-state index in [-0.39, 0.29) is 11.9 Å². The summed E-state index contributed by atoms with van der Waals surface area (Å²) in [6, 6.07) is 17.3. The molecule has 0 bridgehead atoms. The highest BCUT2D eigenvalue weighted by atomic mass is 16.5. The molecule has 1 atom stereocenters. The molecule has 0 aliphatic heterocycles. The molecular formula is C20H25NO3. The summed E-state index contributed by atoms with van der Waals surface area (Å²) < 4.78 is 10.9. The van der Waals surface area contributed by atoms with Crippen molar-refractivity contribution in [1.82, 2.24) is 4.90 Å². The molecule has 0 heterocycles. The lowest BCUT2D eigenvalue weighted by Crippen LogP contribution is -2.43. The zero-order chi connectivity index (χ0) is 17.5. The number of carbonyl (C=O) groups is 1. The number of nitrogens with zero attached hydrogens (tertiary/aromatic N) is 1. The van der Waals surface area contributed by atoms with Gasteiger partial charge in [0.05, 0.1) is 7.11 Å². The van der Waals surface area contributed by atoms with Crippen LogP contribution in [0.3, 0.4) is 0 Å². The van der Waals surface area contributed by atoms with Crippen LogP contribution in [0.15, 0.2) is 54.6 Å². The maximum absolute atomic E-state index is 12.8. The van der Waals surface area contributed by atoms with E-state index in [1.165, 1.54) is 0 Å². The zero-order valence-electron chi connectivity index (χ0n) is 14.7. The van der Waals surface area contributed by atoms with Crippen LogP contribution in [0.2, 0.25) is 0 Å². The van der Waals surface area contributed by atoms with E-state index in [0.717, 1.165) is 11.3 Å². The third-order valence-corrected chi connectivity index (χ3v) is 3.82. The van der Waals surface area contributed by atoms with Gasteiger partial charge in [-0.3, -0.25) is 4.79 Å². The van der Waals surface area contributed by atoms with E-state index in [9.17, 15) is 4.79 Å². The molecular weight excluding hydrogens is 302 g/mol. The van der Waals surface area contributed by atoms with Gasteiger partial charge in [-0.15, -0.1) is 0 Å². The molecule has 4 nitrogen and oxygen atoms in total. The first-order valence-corrected chi connectivity index (χ1v) is 8.16. The summed E-state index contributed by atoms with van der Waals surface area (Å²) in [4.78, 5) is 14.6. The molecule has 2 aromatic rings. The molecule has 128 valence electrons. The van der Waals surface area contributed by atoms with Crippen LogP contribution in [-0.4, -0.2) is 30.1 Å². The lowest BCUT2D eigenvalue weighted by atomic mass is 10.1. The number of benzene rings is 2. The minimum Gasteiger partial charge on any atom is -0.497 e. The van der Waals surface area contributed by atoms with Gasteiger partial charge >= 0.3 is 0 Å². The van der Waals surface area contributed by atoms with Gasteiger partial charge in [0.25, 0.3) is 5.91 Å². The SMILES string of the molecule is COc1ccc(OC(C)C(=O)N(Cc2ccccc2)C(C)C)cc1. The summed E-state index contributed by atoms with van der Waals surface area (Å²) in [6.07, 6.45) is -0.551. The summed E-state index contributed by atoms with van der Waals surface area (Å²) in [5.41, 5.74) is 1.11. The molecule has 2 rings (SSSR count). The first-order chi connectivity index (χ1) is 11.5. The fourth-order valence-corrected chi connectivity index (χ4v) is 2.44. The molecule has 0 radical (unpaired) electrons. The lowest BCUT2D eigenvalue weighted by Gasteiger charge is -2.29. The van der Waals surface area contributed by atoms with E-state index in [4.69, 9.17) is 9.47 Å². The Bertz CT molecular complexity index is 638. The summed E-state index contributed by atoms with van der Waals surface area (Å²) in [7, 11) is 1.62. The fourth-order valence-electron chi connectivity index (χ4n) is 2.44. The first kappa shape index (κ1) is 17.9. The maximum Gasteiger partial charge on any atom is 0.263 e. The Balaban J connectivity index is 2.04. The molecule has 0 aromatic heterocycles. The van der Waals surface area contributed by atoms with Crippen LogP contribution in [0.4, 0.5) is 0 Å². The Labute approximate surface area is 144 Å². The molecule has 0 spiro atoms. The average Bonchev–Trinajstić information content (AvgIpc) is 2.60. The van der Waals surface area contributed by atoms with Crippen molar-refractivity contribution in [3.63, 3.8) is 0 Å². The lowest BCUT2D eigenvalue weighted by molar-refractivity contribution is -0.140. The molecule has 0 saturated carbocycles. The highest BCUT2D eigenvalue weighted by Crippen LogP contribution is 2.19. The number of amides is 1. The molecule has 0 aliphatic rings.